The Kier molecular flexibility index (Phi) is 17.2. The molecule has 0 heterocycles. The van der Waals surface area contributed by atoms with Gasteiger partial charge >= 0.3 is 0 Å². The van der Waals surface area contributed by atoms with E-state index in [4.69, 9.17) is 5.26 Å². The van der Waals surface area contributed by atoms with Crippen LogP contribution in [0.3, 0.4) is 0 Å². The summed E-state index contributed by atoms with van der Waals surface area (Å²) in [4.78, 5) is 0. The molecule has 17 heavy (non-hydrogen) atoms. The number of nitrogens with zero attached hydrogens (tertiary/aromatic N) is 1. The third-order valence-electron chi connectivity index (χ3n) is 3.42. The molecule has 1 aliphatic carbocycles. The monoisotopic (exact) mass is 239 g/mol. The summed E-state index contributed by atoms with van der Waals surface area (Å²) in [5.41, 5.74) is 0. The van der Waals surface area contributed by atoms with Gasteiger partial charge in [0, 0.05) is 6.42 Å². The van der Waals surface area contributed by atoms with E-state index in [0.717, 1.165) is 24.7 Å². The standard InChI is InChI=1S/C12H21N.2C2H6/c1-11(7-6-10-13)12-8-4-2-3-5-9-12;2*1-2/h11-12H,2-9H2,1H3;2*1-2H3. The van der Waals surface area contributed by atoms with Gasteiger partial charge in [-0.1, -0.05) is 73.1 Å². The fraction of sp³-hybridized carbons (Fsp3) is 0.938. The fourth-order valence-corrected chi connectivity index (χ4v) is 2.41. The fourth-order valence-electron chi connectivity index (χ4n) is 2.41. The SMILES string of the molecule is CC.CC.CC(CCC#N)C1CCCCCC1. The molecular weight excluding hydrogens is 206 g/mol. The van der Waals surface area contributed by atoms with Gasteiger partial charge in [-0.3, -0.25) is 0 Å². The van der Waals surface area contributed by atoms with Crippen LogP contribution >= 0.6 is 0 Å². The van der Waals surface area contributed by atoms with E-state index in [-0.39, 0.29) is 0 Å². The second-order valence-corrected chi connectivity index (χ2v) is 4.43. The minimum atomic E-state index is 0.748. The van der Waals surface area contributed by atoms with Gasteiger partial charge < -0.3 is 0 Å². The van der Waals surface area contributed by atoms with Crippen LogP contribution in [0.25, 0.3) is 0 Å². The minimum absolute atomic E-state index is 0.748. The number of nitriles is 1. The van der Waals surface area contributed by atoms with Crippen LogP contribution in [0.1, 0.15) is 86.0 Å². The molecule has 0 aromatic rings. The van der Waals surface area contributed by atoms with Gasteiger partial charge in [0.1, 0.15) is 0 Å². The molecule has 0 bridgehead atoms. The highest BCUT2D eigenvalue weighted by Crippen LogP contribution is 2.30. The second kappa shape index (κ2) is 15.5. The Labute approximate surface area is 110 Å². The topological polar surface area (TPSA) is 23.8 Å². The van der Waals surface area contributed by atoms with Gasteiger partial charge in [0.25, 0.3) is 0 Å². The average Bonchev–Trinajstić information content (AvgIpc) is 2.69. The van der Waals surface area contributed by atoms with Crippen molar-refractivity contribution in [1.29, 1.82) is 5.26 Å². The van der Waals surface area contributed by atoms with Crippen LogP contribution in [0.4, 0.5) is 0 Å². The molecule has 102 valence electrons. The molecule has 0 radical (unpaired) electrons. The number of hydrogen-bond donors (Lipinski definition) is 0. The summed E-state index contributed by atoms with van der Waals surface area (Å²) < 4.78 is 0. The van der Waals surface area contributed by atoms with Crippen LogP contribution < -0.4 is 0 Å². The predicted octanol–water partition coefficient (Wildman–Crippen LogP) is 5.95. The Hall–Kier alpha value is -0.510. The van der Waals surface area contributed by atoms with Gasteiger partial charge in [-0.15, -0.1) is 0 Å². The van der Waals surface area contributed by atoms with E-state index < -0.39 is 0 Å². The molecule has 1 atom stereocenters. The molecule has 1 heteroatoms. The first kappa shape index (κ1) is 18.8. The van der Waals surface area contributed by atoms with E-state index in [1.54, 1.807) is 0 Å². The zero-order valence-electron chi connectivity index (χ0n) is 12.8. The predicted molar refractivity (Wildman–Crippen MR) is 77.9 cm³/mol. The third kappa shape index (κ3) is 10.4. The van der Waals surface area contributed by atoms with Crippen molar-refractivity contribution in [1.82, 2.24) is 0 Å². The molecule has 0 N–H and O–H groups in total. The van der Waals surface area contributed by atoms with Crippen LogP contribution in [0, 0.1) is 23.2 Å². The van der Waals surface area contributed by atoms with Gasteiger partial charge in [0.2, 0.25) is 0 Å². The Balaban J connectivity index is 0. The Morgan fingerprint density at radius 3 is 1.88 bits per heavy atom. The van der Waals surface area contributed by atoms with Crippen LogP contribution in [-0.4, -0.2) is 0 Å². The van der Waals surface area contributed by atoms with E-state index in [1.807, 2.05) is 27.7 Å². The number of rotatable bonds is 3. The molecule has 0 spiro atoms. The lowest BCUT2D eigenvalue weighted by Gasteiger charge is -2.21. The lowest BCUT2D eigenvalue weighted by atomic mass is 9.85. The minimum Gasteiger partial charge on any atom is -0.198 e. The molecule has 0 aliphatic heterocycles. The first-order chi connectivity index (χ1) is 8.34. The summed E-state index contributed by atoms with van der Waals surface area (Å²) in [6, 6.07) is 2.25. The van der Waals surface area contributed by atoms with E-state index in [2.05, 4.69) is 13.0 Å². The van der Waals surface area contributed by atoms with Gasteiger partial charge in [0.15, 0.2) is 0 Å². The highest BCUT2D eigenvalue weighted by atomic mass is 14.3. The van der Waals surface area contributed by atoms with Gasteiger partial charge in [-0.2, -0.15) is 5.26 Å². The summed E-state index contributed by atoms with van der Waals surface area (Å²) >= 11 is 0. The largest absolute Gasteiger partial charge is 0.198 e. The summed E-state index contributed by atoms with van der Waals surface area (Å²) in [6.07, 6.45) is 10.4. The second-order valence-electron chi connectivity index (χ2n) is 4.43. The van der Waals surface area contributed by atoms with Crippen molar-refractivity contribution in [3.05, 3.63) is 0 Å². The Morgan fingerprint density at radius 2 is 1.47 bits per heavy atom. The third-order valence-corrected chi connectivity index (χ3v) is 3.42. The van der Waals surface area contributed by atoms with Crippen molar-refractivity contribution in [2.24, 2.45) is 11.8 Å². The molecule has 1 unspecified atom stereocenters. The van der Waals surface area contributed by atoms with E-state index in [0.29, 0.717) is 0 Å². The molecule has 0 aromatic heterocycles. The molecule has 0 saturated heterocycles. The van der Waals surface area contributed by atoms with E-state index >= 15 is 0 Å². The smallest absolute Gasteiger partial charge is 0.0621 e. The lowest BCUT2D eigenvalue weighted by molar-refractivity contribution is 0.306. The van der Waals surface area contributed by atoms with E-state index in [9.17, 15) is 0 Å². The zero-order valence-corrected chi connectivity index (χ0v) is 12.8. The Morgan fingerprint density at radius 1 is 1.00 bits per heavy atom. The highest BCUT2D eigenvalue weighted by molar-refractivity contribution is 4.75. The van der Waals surface area contributed by atoms with Crippen LogP contribution in [-0.2, 0) is 0 Å². The quantitative estimate of drug-likeness (QED) is 0.558. The van der Waals surface area contributed by atoms with Crippen molar-refractivity contribution in [2.45, 2.75) is 86.0 Å². The summed E-state index contributed by atoms with van der Waals surface area (Å²) in [6.45, 7) is 10.3. The molecule has 1 nitrogen and oxygen atoms in total. The molecule has 0 amide bonds. The first-order valence-corrected chi connectivity index (χ1v) is 7.71. The normalized spacial score (nSPS) is 17.4. The molecule has 1 rings (SSSR count). The molecule has 1 fully saturated rings. The van der Waals surface area contributed by atoms with Crippen molar-refractivity contribution >= 4 is 0 Å². The first-order valence-electron chi connectivity index (χ1n) is 7.71. The van der Waals surface area contributed by atoms with Crippen molar-refractivity contribution in [2.75, 3.05) is 0 Å². The summed E-state index contributed by atoms with van der Waals surface area (Å²) in [7, 11) is 0. The van der Waals surface area contributed by atoms with Crippen molar-refractivity contribution in [3.8, 4) is 6.07 Å². The van der Waals surface area contributed by atoms with Crippen LogP contribution in [0.5, 0.6) is 0 Å². The maximum Gasteiger partial charge on any atom is 0.0621 e. The van der Waals surface area contributed by atoms with Gasteiger partial charge in [-0.25, -0.2) is 0 Å². The highest BCUT2D eigenvalue weighted by Gasteiger charge is 2.18. The Bertz CT molecular complexity index is 161. The summed E-state index contributed by atoms with van der Waals surface area (Å²) in [5.74, 6) is 1.69. The van der Waals surface area contributed by atoms with Gasteiger partial charge in [0.05, 0.1) is 6.07 Å². The number of hydrogen-bond acceptors (Lipinski definition) is 1. The van der Waals surface area contributed by atoms with E-state index in [1.165, 1.54) is 38.5 Å². The van der Waals surface area contributed by atoms with Gasteiger partial charge in [-0.05, 0) is 18.3 Å². The molecule has 1 aliphatic rings. The summed E-state index contributed by atoms with van der Waals surface area (Å²) in [5, 5.41) is 8.52. The van der Waals surface area contributed by atoms with Crippen molar-refractivity contribution < 1.29 is 0 Å². The molecular formula is C16H33N. The average molecular weight is 239 g/mol. The zero-order chi connectivity index (χ0) is 13.5. The van der Waals surface area contributed by atoms with Crippen LogP contribution in [0.15, 0.2) is 0 Å². The maximum atomic E-state index is 8.52. The van der Waals surface area contributed by atoms with Crippen molar-refractivity contribution in [3.63, 3.8) is 0 Å². The maximum absolute atomic E-state index is 8.52. The lowest BCUT2D eigenvalue weighted by Crippen LogP contribution is -2.10. The van der Waals surface area contributed by atoms with Crippen LogP contribution in [0.2, 0.25) is 0 Å². The molecule has 1 saturated carbocycles. The molecule has 0 aromatic carbocycles.